The second-order valence-corrected chi connectivity index (χ2v) is 4.36. The molecule has 1 N–H and O–H groups in total. The lowest BCUT2D eigenvalue weighted by Gasteiger charge is -2.08. The van der Waals surface area contributed by atoms with Gasteiger partial charge >= 0.3 is 0 Å². The molecule has 1 aromatic carbocycles. The van der Waals surface area contributed by atoms with Crippen LogP contribution >= 0.6 is 15.9 Å². The zero-order chi connectivity index (χ0) is 12.1. The molecule has 0 saturated heterocycles. The van der Waals surface area contributed by atoms with Crippen molar-refractivity contribution in [1.82, 2.24) is 4.98 Å². The minimum absolute atomic E-state index is 0.536. The average Bonchev–Trinajstić information content (AvgIpc) is 2.38. The van der Waals surface area contributed by atoms with Gasteiger partial charge in [0.25, 0.3) is 0 Å². The molecule has 17 heavy (non-hydrogen) atoms. The number of nitrogens with one attached hydrogen (secondary N) is 1. The number of rotatable bonds is 4. The number of halogens is 1. The highest BCUT2D eigenvalue weighted by atomic mass is 79.9. The molecule has 0 amide bonds. The Morgan fingerprint density at radius 2 is 2.12 bits per heavy atom. The van der Waals surface area contributed by atoms with Crippen molar-refractivity contribution >= 4 is 21.7 Å². The molecular weight excluding hydrogens is 280 g/mol. The average molecular weight is 293 g/mol. The summed E-state index contributed by atoms with van der Waals surface area (Å²) >= 11 is 3.49. The zero-order valence-corrected chi connectivity index (χ0v) is 11.1. The maximum absolute atomic E-state index is 5.71. The van der Waals surface area contributed by atoms with Crippen LogP contribution in [0, 0.1) is 0 Å². The predicted molar refractivity (Wildman–Crippen MR) is 72.3 cm³/mol. The van der Waals surface area contributed by atoms with E-state index in [1.165, 1.54) is 0 Å². The normalized spacial score (nSPS) is 10.0. The first-order valence-electron chi connectivity index (χ1n) is 5.29. The third-order valence-electron chi connectivity index (χ3n) is 2.34. The van der Waals surface area contributed by atoms with Crippen molar-refractivity contribution in [3.63, 3.8) is 0 Å². The van der Waals surface area contributed by atoms with Crippen molar-refractivity contribution in [2.75, 3.05) is 12.4 Å². The monoisotopic (exact) mass is 292 g/mol. The van der Waals surface area contributed by atoms with E-state index in [1.807, 2.05) is 43.4 Å². The Bertz CT molecular complexity index is 502. The Labute approximate surface area is 109 Å². The molecule has 88 valence electrons. The molecule has 0 saturated carbocycles. The highest BCUT2D eigenvalue weighted by molar-refractivity contribution is 9.10. The summed E-state index contributed by atoms with van der Waals surface area (Å²) in [5, 5.41) is 2.98. The minimum Gasteiger partial charge on any atom is -0.489 e. The molecule has 0 spiro atoms. The van der Waals surface area contributed by atoms with Gasteiger partial charge in [-0.3, -0.25) is 0 Å². The summed E-state index contributed by atoms with van der Waals surface area (Å²) in [5.41, 5.74) is 1.12. The van der Waals surface area contributed by atoms with Gasteiger partial charge in [-0.1, -0.05) is 34.1 Å². The zero-order valence-electron chi connectivity index (χ0n) is 9.48. The number of aromatic nitrogens is 1. The fraction of sp³-hybridized carbons (Fsp3) is 0.154. The van der Waals surface area contributed by atoms with E-state index in [1.54, 1.807) is 6.20 Å². The summed E-state index contributed by atoms with van der Waals surface area (Å²) in [6, 6.07) is 11.7. The summed E-state index contributed by atoms with van der Waals surface area (Å²) in [5.74, 6) is 1.61. The molecule has 0 fully saturated rings. The van der Waals surface area contributed by atoms with Crippen LogP contribution in [0.15, 0.2) is 47.1 Å². The van der Waals surface area contributed by atoms with Crippen molar-refractivity contribution < 1.29 is 4.74 Å². The van der Waals surface area contributed by atoms with E-state index in [2.05, 4.69) is 26.2 Å². The minimum atomic E-state index is 0.536. The maximum Gasteiger partial charge on any atom is 0.129 e. The first-order valence-corrected chi connectivity index (χ1v) is 6.09. The lowest BCUT2D eigenvalue weighted by atomic mass is 10.2. The van der Waals surface area contributed by atoms with Gasteiger partial charge in [-0.15, -0.1) is 0 Å². The smallest absolute Gasteiger partial charge is 0.129 e. The fourth-order valence-electron chi connectivity index (χ4n) is 1.41. The molecule has 2 aromatic rings. The topological polar surface area (TPSA) is 34.1 Å². The highest BCUT2D eigenvalue weighted by Crippen LogP contribution is 2.20. The number of pyridine rings is 1. The van der Waals surface area contributed by atoms with Crippen LogP contribution in [0.25, 0.3) is 0 Å². The van der Waals surface area contributed by atoms with E-state index in [9.17, 15) is 0 Å². The van der Waals surface area contributed by atoms with Crippen molar-refractivity contribution in [3.8, 4) is 5.75 Å². The van der Waals surface area contributed by atoms with Crippen LogP contribution in [0.1, 0.15) is 5.56 Å². The number of benzene rings is 1. The van der Waals surface area contributed by atoms with Gasteiger partial charge in [0.2, 0.25) is 0 Å². The van der Waals surface area contributed by atoms with Crippen LogP contribution in [-0.4, -0.2) is 12.0 Å². The Balaban J connectivity index is 2.05. The molecule has 0 unspecified atom stereocenters. The number of anilines is 1. The SMILES string of the molecule is CNc1cc(OCc2ccccc2Br)ccn1. The van der Waals surface area contributed by atoms with Crippen LogP contribution in [0.5, 0.6) is 5.75 Å². The Hall–Kier alpha value is -1.55. The highest BCUT2D eigenvalue weighted by Gasteiger charge is 2.00. The summed E-state index contributed by atoms with van der Waals surface area (Å²) in [6.45, 7) is 0.536. The summed E-state index contributed by atoms with van der Waals surface area (Å²) < 4.78 is 6.76. The second kappa shape index (κ2) is 5.68. The number of hydrogen-bond donors (Lipinski definition) is 1. The summed E-state index contributed by atoms with van der Waals surface area (Å²) in [4.78, 5) is 4.13. The number of hydrogen-bond acceptors (Lipinski definition) is 3. The van der Waals surface area contributed by atoms with Crippen LogP contribution < -0.4 is 10.1 Å². The lowest BCUT2D eigenvalue weighted by Crippen LogP contribution is -1.98. The van der Waals surface area contributed by atoms with Gasteiger partial charge in [-0.25, -0.2) is 4.98 Å². The van der Waals surface area contributed by atoms with Gasteiger partial charge in [0.15, 0.2) is 0 Å². The molecule has 0 aliphatic carbocycles. The van der Waals surface area contributed by atoms with Crippen LogP contribution in [-0.2, 0) is 6.61 Å². The third-order valence-corrected chi connectivity index (χ3v) is 3.11. The Morgan fingerprint density at radius 3 is 2.88 bits per heavy atom. The summed E-state index contributed by atoms with van der Waals surface area (Å²) in [6.07, 6.45) is 1.72. The van der Waals surface area contributed by atoms with Crippen molar-refractivity contribution in [3.05, 3.63) is 52.6 Å². The molecule has 3 nitrogen and oxygen atoms in total. The number of ether oxygens (including phenoxy) is 1. The van der Waals surface area contributed by atoms with E-state index in [-0.39, 0.29) is 0 Å². The van der Waals surface area contributed by atoms with Gasteiger partial charge in [0.1, 0.15) is 18.2 Å². The Kier molecular flexibility index (Phi) is 3.98. The molecule has 0 aliphatic heterocycles. The largest absolute Gasteiger partial charge is 0.489 e. The van der Waals surface area contributed by atoms with E-state index < -0.39 is 0 Å². The first-order chi connectivity index (χ1) is 8.29. The number of nitrogens with zero attached hydrogens (tertiary/aromatic N) is 1. The van der Waals surface area contributed by atoms with Gasteiger partial charge in [-0.2, -0.15) is 0 Å². The van der Waals surface area contributed by atoms with Gasteiger partial charge < -0.3 is 10.1 Å². The first kappa shape index (κ1) is 11.9. The van der Waals surface area contributed by atoms with Gasteiger partial charge in [0.05, 0.1) is 0 Å². The quantitative estimate of drug-likeness (QED) is 0.937. The molecule has 4 heteroatoms. The van der Waals surface area contributed by atoms with Crippen molar-refractivity contribution in [2.24, 2.45) is 0 Å². The van der Waals surface area contributed by atoms with Gasteiger partial charge in [-0.05, 0) is 12.1 Å². The van der Waals surface area contributed by atoms with Crippen LogP contribution in [0.2, 0.25) is 0 Å². The molecule has 1 heterocycles. The van der Waals surface area contributed by atoms with Crippen LogP contribution in [0.3, 0.4) is 0 Å². The standard InChI is InChI=1S/C13H13BrN2O/c1-15-13-8-11(6-7-16-13)17-9-10-4-2-3-5-12(10)14/h2-8H,9H2,1H3,(H,15,16). The molecule has 1 aromatic heterocycles. The van der Waals surface area contributed by atoms with E-state index >= 15 is 0 Å². The van der Waals surface area contributed by atoms with Crippen molar-refractivity contribution in [1.29, 1.82) is 0 Å². The van der Waals surface area contributed by atoms with Crippen LogP contribution in [0.4, 0.5) is 5.82 Å². The second-order valence-electron chi connectivity index (χ2n) is 3.51. The van der Waals surface area contributed by atoms with Gasteiger partial charge in [0, 0.05) is 29.3 Å². The Morgan fingerprint density at radius 1 is 1.29 bits per heavy atom. The van der Waals surface area contributed by atoms with E-state index in [0.29, 0.717) is 6.61 Å². The van der Waals surface area contributed by atoms with E-state index in [4.69, 9.17) is 4.74 Å². The molecular formula is C13H13BrN2O. The molecule has 0 aliphatic rings. The summed E-state index contributed by atoms with van der Waals surface area (Å²) in [7, 11) is 1.83. The molecule has 2 rings (SSSR count). The molecule has 0 bridgehead atoms. The molecule has 0 radical (unpaired) electrons. The lowest BCUT2D eigenvalue weighted by molar-refractivity contribution is 0.305. The molecule has 0 atom stereocenters. The third kappa shape index (κ3) is 3.20. The van der Waals surface area contributed by atoms with E-state index in [0.717, 1.165) is 21.6 Å². The maximum atomic E-state index is 5.71. The van der Waals surface area contributed by atoms with Crippen molar-refractivity contribution in [2.45, 2.75) is 6.61 Å². The predicted octanol–water partition coefficient (Wildman–Crippen LogP) is 3.46. The fourth-order valence-corrected chi connectivity index (χ4v) is 1.81.